The standard InChI is InChI=1S/C24H28FN5O2S/c1-3-14-26-21(31)16-29(15-4-2)22(32)17-33-24-28-27-23(19-12-8-9-13-20(19)25)30(24)18-10-6-5-7-11-18/h5-13H,3-4,14-17H2,1-2H3,(H,26,31). The quantitative estimate of drug-likeness (QED) is 0.431. The molecule has 0 aliphatic rings. The molecule has 0 spiro atoms. The summed E-state index contributed by atoms with van der Waals surface area (Å²) in [6, 6.07) is 15.8. The molecule has 7 nitrogen and oxygen atoms in total. The van der Waals surface area contributed by atoms with Crippen LogP contribution in [-0.2, 0) is 9.59 Å². The first kappa shape index (κ1) is 24.4. The molecule has 1 aromatic heterocycles. The Bertz CT molecular complexity index is 1070. The van der Waals surface area contributed by atoms with Crippen molar-refractivity contribution in [3.8, 4) is 17.1 Å². The Labute approximate surface area is 197 Å². The summed E-state index contributed by atoms with van der Waals surface area (Å²) in [5.74, 6) is -0.287. The molecule has 0 atom stereocenters. The van der Waals surface area contributed by atoms with Gasteiger partial charge in [-0.05, 0) is 37.1 Å². The molecule has 0 aliphatic carbocycles. The number of para-hydroxylation sites is 1. The number of carbonyl (C=O) groups is 2. The van der Waals surface area contributed by atoms with Crippen LogP contribution in [0, 0.1) is 5.82 Å². The van der Waals surface area contributed by atoms with Gasteiger partial charge in [0.05, 0.1) is 17.9 Å². The van der Waals surface area contributed by atoms with E-state index >= 15 is 0 Å². The highest BCUT2D eigenvalue weighted by molar-refractivity contribution is 7.99. The van der Waals surface area contributed by atoms with Crippen LogP contribution >= 0.6 is 11.8 Å². The highest BCUT2D eigenvalue weighted by Crippen LogP contribution is 2.29. The molecular formula is C24H28FN5O2S. The van der Waals surface area contributed by atoms with Crippen molar-refractivity contribution in [2.75, 3.05) is 25.4 Å². The SMILES string of the molecule is CCCNC(=O)CN(CCC)C(=O)CSc1nnc(-c2ccccc2F)n1-c1ccccc1. The van der Waals surface area contributed by atoms with E-state index < -0.39 is 5.82 Å². The molecule has 0 bridgehead atoms. The molecule has 2 aromatic carbocycles. The van der Waals surface area contributed by atoms with Crippen LogP contribution in [0.1, 0.15) is 26.7 Å². The van der Waals surface area contributed by atoms with E-state index in [1.807, 2.05) is 44.2 Å². The Morgan fingerprint density at radius 3 is 2.45 bits per heavy atom. The van der Waals surface area contributed by atoms with Gasteiger partial charge < -0.3 is 10.2 Å². The van der Waals surface area contributed by atoms with E-state index in [0.29, 0.717) is 29.6 Å². The molecule has 0 saturated heterocycles. The number of hydrogen-bond donors (Lipinski definition) is 1. The third-order valence-corrected chi connectivity index (χ3v) is 5.75. The Hall–Kier alpha value is -3.20. The maximum Gasteiger partial charge on any atom is 0.239 e. The molecule has 3 aromatic rings. The molecule has 0 saturated carbocycles. The van der Waals surface area contributed by atoms with Gasteiger partial charge in [0.15, 0.2) is 11.0 Å². The molecule has 33 heavy (non-hydrogen) atoms. The van der Waals surface area contributed by atoms with Crippen LogP contribution in [-0.4, -0.2) is 56.9 Å². The second-order valence-electron chi connectivity index (χ2n) is 7.41. The number of halogens is 1. The van der Waals surface area contributed by atoms with Crippen molar-refractivity contribution in [3.63, 3.8) is 0 Å². The number of benzene rings is 2. The molecule has 2 amide bonds. The lowest BCUT2D eigenvalue weighted by atomic mass is 10.2. The predicted octanol–water partition coefficient (Wildman–Crippen LogP) is 3.93. The zero-order valence-corrected chi connectivity index (χ0v) is 19.6. The fourth-order valence-corrected chi connectivity index (χ4v) is 4.12. The van der Waals surface area contributed by atoms with Crippen molar-refractivity contribution in [2.45, 2.75) is 31.8 Å². The lowest BCUT2D eigenvalue weighted by Crippen LogP contribution is -2.42. The van der Waals surface area contributed by atoms with Crippen molar-refractivity contribution < 1.29 is 14.0 Å². The van der Waals surface area contributed by atoms with Crippen LogP contribution in [0.25, 0.3) is 17.1 Å². The lowest BCUT2D eigenvalue weighted by Gasteiger charge is -2.21. The molecule has 9 heteroatoms. The van der Waals surface area contributed by atoms with Gasteiger partial charge >= 0.3 is 0 Å². The van der Waals surface area contributed by atoms with E-state index in [0.717, 1.165) is 18.5 Å². The Kier molecular flexibility index (Phi) is 9.00. The van der Waals surface area contributed by atoms with Gasteiger partial charge in [-0.15, -0.1) is 10.2 Å². The van der Waals surface area contributed by atoms with Crippen molar-refractivity contribution in [2.24, 2.45) is 0 Å². The number of amides is 2. The zero-order chi connectivity index (χ0) is 23.6. The van der Waals surface area contributed by atoms with E-state index in [2.05, 4.69) is 15.5 Å². The first-order valence-electron chi connectivity index (χ1n) is 11.0. The second kappa shape index (κ2) is 12.2. The fourth-order valence-electron chi connectivity index (χ4n) is 3.26. The number of nitrogens with one attached hydrogen (secondary N) is 1. The molecular weight excluding hydrogens is 441 g/mol. The van der Waals surface area contributed by atoms with Crippen LogP contribution in [0.2, 0.25) is 0 Å². The van der Waals surface area contributed by atoms with Gasteiger partial charge in [0.1, 0.15) is 5.82 Å². The third kappa shape index (κ3) is 6.41. The van der Waals surface area contributed by atoms with E-state index in [-0.39, 0.29) is 24.1 Å². The number of carbonyl (C=O) groups excluding carboxylic acids is 2. The van der Waals surface area contributed by atoms with Crippen LogP contribution in [0.4, 0.5) is 4.39 Å². The van der Waals surface area contributed by atoms with Gasteiger partial charge in [-0.25, -0.2) is 4.39 Å². The molecule has 0 radical (unpaired) electrons. The maximum atomic E-state index is 14.5. The van der Waals surface area contributed by atoms with Crippen LogP contribution in [0.3, 0.4) is 0 Å². The fraction of sp³-hybridized carbons (Fsp3) is 0.333. The lowest BCUT2D eigenvalue weighted by molar-refractivity contribution is -0.134. The van der Waals surface area contributed by atoms with Crippen molar-refractivity contribution in [3.05, 3.63) is 60.4 Å². The summed E-state index contributed by atoms with van der Waals surface area (Å²) >= 11 is 1.21. The minimum Gasteiger partial charge on any atom is -0.355 e. The topological polar surface area (TPSA) is 80.1 Å². The van der Waals surface area contributed by atoms with Gasteiger partial charge in [0.2, 0.25) is 11.8 Å². The average molecular weight is 470 g/mol. The predicted molar refractivity (Wildman–Crippen MR) is 128 cm³/mol. The molecule has 0 aliphatic heterocycles. The number of nitrogens with zero attached hydrogens (tertiary/aromatic N) is 4. The minimum absolute atomic E-state index is 0.0269. The van der Waals surface area contributed by atoms with Crippen molar-refractivity contribution in [1.82, 2.24) is 25.0 Å². The van der Waals surface area contributed by atoms with Gasteiger partial charge in [0, 0.05) is 18.8 Å². The first-order valence-corrected chi connectivity index (χ1v) is 12.0. The Morgan fingerprint density at radius 2 is 1.76 bits per heavy atom. The number of rotatable bonds is 11. The molecule has 3 rings (SSSR count). The molecule has 0 fully saturated rings. The largest absolute Gasteiger partial charge is 0.355 e. The second-order valence-corrected chi connectivity index (χ2v) is 8.35. The summed E-state index contributed by atoms with van der Waals surface area (Å²) in [4.78, 5) is 26.6. The molecule has 1 heterocycles. The van der Waals surface area contributed by atoms with E-state index in [4.69, 9.17) is 0 Å². The summed E-state index contributed by atoms with van der Waals surface area (Å²) in [6.45, 7) is 5.04. The van der Waals surface area contributed by atoms with Crippen molar-refractivity contribution >= 4 is 23.6 Å². The number of aromatic nitrogens is 3. The number of hydrogen-bond acceptors (Lipinski definition) is 5. The van der Waals surface area contributed by atoms with E-state index in [1.54, 1.807) is 27.7 Å². The first-order chi connectivity index (χ1) is 16.0. The average Bonchev–Trinajstić information content (AvgIpc) is 3.25. The molecule has 174 valence electrons. The molecule has 0 unspecified atom stereocenters. The number of thioether (sulfide) groups is 1. The van der Waals surface area contributed by atoms with Crippen LogP contribution < -0.4 is 5.32 Å². The van der Waals surface area contributed by atoms with Crippen LogP contribution in [0.5, 0.6) is 0 Å². The normalized spacial score (nSPS) is 10.8. The van der Waals surface area contributed by atoms with Gasteiger partial charge in [0.25, 0.3) is 0 Å². The summed E-state index contributed by atoms with van der Waals surface area (Å²) in [5, 5.41) is 11.8. The highest BCUT2D eigenvalue weighted by Gasteiger charge is 2.21. The van der Waals surface area contributed by atoms with E-state index in [1.165, 1.54) is 17.8 Å². The maximum absolute atomic E-state index is 14.5. The third-order valence-electron chi connectivity index (χ3n) is 4.84. The van der Waals surface area contributed by atoms with Gasteiger partial charge in [-0.3, -0.25) is 14.2 Å². The van der Waals surface area contributed by atoms with Crippen LogP contribution in [0.15, 0.2) is 59.8 Å². The monoisotopic (exact) mass is 469 g/mol. The molecule has 1 N–H and O–H groups in total. The Balaban J connectivity index is 1.82. The summed E-state index contributed by atoms with van der Waals surface area (Å²) in [7, 11) is 0. The van der Waals surface area contributed by atoms with E-state index in [9.17, 15) is 14.0 Å². The summed E-state index contributed by atoms with van der Waals surface area (Å²) < 4.78 is 16.3. The van der Waals surface area contributed by atoms with Crippen molar-refractivity contribution in [1.29, 1.82) is 0 Å². The Morgan fingerprint density at radius 1 is 1.03 bits per heavy atom. The summed E-state index contributed by atoms with van der Waals surface area (Å²) in [6.07, 6.45) is 1.58. The highest BCUT2D eigenvalue weighted by atomic mass is 32.2. The zero-order valence-electron chi connectivity index (χ0n) is 18.8. The van der Waals surface area contributed by atoms with Gasteiger partial charge in [-0.1, -0.05) is 55.9 Å². The smallest absolute Gasteiger partial charge is 0.239 e. The van der Waals surface area contributed by atoms with Gasteiger partial charge in [-0.2, -0.15) is 0 Å². The minimum atomic E-state index is -0.401. The summed E-state index contributed by atoms with van der Waals surface area (Å²) in [5.41, 5.74) is 1.09.